The van der Waals surface area contributed by atoms with Gasteiger partial charge in [0.2, 0.25) is 11.8 Å². The van der Waals surface area contributed by atoms with Crippen molar-refractivity contribution in [2.24, 2.45) is 5.73 Å². The number of carbonyl (C=O) groups is 6. The highest BCUT2D eigenvalue weighted by atomic mass is 35.5. The lowest BCUT2D eigenvalue weighted by Gasteiger charge is -2.28. The first kappa shape index (κ1) is 55.6. The maximum Gasteiger partial charge on any atom is 0.419 e. The van der Waals surface area contributed by atoms with Crippen LogP contribution in [0.3, 0.4) is 0 Å². The smallest absolute Gasteiger partial charge is 0.419 e. The summed E-state index contributed by atoms with van der Waals surface area (Å²) >= 11 is 0. The first-order valence-corrected chi connectivity index (χ1v) is 23.5. The predicted octanol–water partition coefficient (Wildman–Crippen LogP) is 7.92. The summed E-state index contributed by atoms with van der Waals surface area (Å²) in [5.41, 5.74) is 8.10. The molecule has 2 saturated heterocycles. The van der Waals surface area contributed by atoms with Gasteiger partial charge in [-0.15, -0.1) is 12.4 Å². The monoisotopic (exact) mass is 1050 g/mol. The molecule has 5 aromatic rings. The molecule has 394 valence electrons. The fourth-order valence-corrected chi connectivity index (χ4v) is 8.33. The Balaban J connectivity index is 0.000000193. The lowest BCUT2D eigenvalue weighted by Crippen LogP contribution is -2.36. The molecule has 0 unspecified atom stereocenters. The number of likely N-dealkylation sites (tertiary alicyclic amines) is 2. The topological polar surface area (TPSA) is 226 Å². The molecular formula is C51H55ClF4N8O10. The Morgan fingerprint density at radius 3 is 1.70 bits per heavy atom. The molecule has 5 heterocycles. The minimum absolute atomic E-state index is 0. The van der Waals surface area contributed by atoms with E-state index in [1.54, 1.807) is 23.6 Å². The lowest BCUT2D eigenvalue weighted by molar-refractivity contribution is -0.128. The van der Waals surface area contributed by atoms with Gasteiger partial charge < -0.3 is 50.4 Å². The zero-order valence-corrected chi connectivity index (χ0v) is 41.2. The summed E-state index contributed by atoms with van der Waals surface area (Å²) in [6.45, 7) is 6.09. The number of imidazole rings is 1. The third kappa shape index (κ3) is 14.1. The van der Waals surface area contributed by atoms with Gasteiger partial charge in [0.15, 0.2) is 0 Å². The first-order chi connectivity index (χ1) is 35.1. The molecule has 2 atom stereocenters. The number of nitrogens with zero attached hydrogens (tertiary/aromatic N) is 4. The normalized spacial score (nSPS) is 16.3. The minimum atomic E-state index is -0.759. The quantitative estimate of drug-likeness (QED) is 0.0926. The Morgan fingerprint density at radius 1 is 0.703 bits per heavy atom. The number of aryl methyl sites for hydroxylation is 2. The van der Waals surface area contributed by atoms with E-state index in [1.807, 2.05) is 0 Å². The number of nitrogens with one attached hydrogen (secondary N) is 3. The van der Waals surface area contributed by atoms with Gasteiger partial charge in [0.1, 0.15) is 54.3 Å². The van der Waals surface area contributed by atoms with Gasteiger partial charge in [-0.25, -0.2) is 36.7 Å². The number of halogens is 5. The summed E-state index contributed by atoms with van der Waals surface area (Å²) in [5.74, 6) is -2.48. The van der Waals surface area contributed by atoms with E-state index in [0.29, 0.717) is 68.0 Å². The molecular weight excluding hydrogens is 996 g/mol. The van der Waals surface area contributed by atoms with E-state index in [1.165, 1.54) is 77.9 Å². The van der Waals surface area contributed by atoms with Gasteiger partial charge in [-0.05, 0) is 98.5 Å². The number of carbonyl (C=O) groups excluding carboxylic acids is 6. The fraction of sp³-hybridized carbons (Fsp3) is 0.353. The third-order valence-electron chi connectivity index (χ3n) is 12.2. The standard InChI is InChI=1S/C24H25F2N3O5.C17H16F2N2O2.C10H13N3O3.ClH/c1-14-13-15(4-6-17(14)25)27-23(31)16-5-7-18(26)21-19(8-11-33-22(16)21)28-24(32)34-12-10-29-9-2-3-20(29)30;1-9-8-10(2-4-12(9)18)21-17(22)11-3-5-13(19)15-14(20)6-7-23-16(11)15;14-9-2-1-4-12(9)6-7-16-10(15)13-5-3-11-8-13;/h4-7,13,19H,2-3,8-12H2,1H3,(H,27,31)(H,28,32);2-5,8,14H,6-7,20H2,1H3,(H,21,22);3,5,8H,1-2,4,6-7H2;1H/t19-;14-;;/m00../s1. The number of alkyl carbamates (subject to hydrolysis) is 1. The number of aromatic nitrogens is 2. The van der Waals surface area contributed by atoms with Gasteiger partial charge in [0.05, 0.1) is 49.0 Å². The van der Waals surface area contributed by atoms with Gasteiger partial charge in [-0.2, -0.15) is 0 Å². The van der Waals surface area contributed by atoms with Crippen molar-refractivity contribution in [2.45, 2.75) is 64.5 Å². The van der Waals surface area contributed by atoms with Gasteiger partial charge in [-0.1, -0.05) is 0 Å². The number of ether oxygens (including phenoxy) is 4. The molecule has 5 N–H and O–H groups in total. The number of anilines is 2. The Kier molecular flexibility index (Phi) is 19.4. The highest BCUT2D eigenvalue weighted by Crippen LogP contribution is 2.38. The number of benzene rings is 4. The average Bonchev–Trinajstić information content (AvgIpc) is 4.15. The molecule has 0 aliphatic carbocycles. The highest BCUT2D eigenvalue weighted by molar-refractivity contribution is 6.07. The largest absolute Gasteiger partial charge is 0.492 e. The molecule has 18 nitrogen and oxygen atoms in total. The molecule has 0 radical (unpaired) electrons. The van der Waals surface area contributed by atoms with Crippen molar-refractivity contribution in [1.29, 1.82) is 0 Å². The van der Waals surface area contributed by atoms with Crippen LogP contribution in [-0.2, 0) is 19.1 Å². The number of fused-ring (bicyclic) bond motifs is 2. The van der Waals surface area contributed by atoms with Crippen molar-refractivity contribution in [3.05, 3.63) is 136 Å². The maximum atomic E-state index is 14.7. The molecule has 0 spiro atoms. The van der Waals surface area contributed by atoms with E-state index in [-0.39, 0.29) is 90.0 Å². The molecule has 4 aliphatic heterocycles. The molecule has 4 aliphatic rings. The Morgan fingerprint density at radius 2 is 1.20 bits per heavy atom. The van der Waals surface area contributed by atoms with Crippen molar-refractivity contribution in [3.8, 4) is 11.5 Å². The summed E-state index contributed by atoms with van der Waals surface area (Å²) in [5, 5.41) is 7.94. The summed E-state index contributed by atoms with van der Waals surface area (Å²) in [4.78, 5) is 78.9. The molecule has 0 saturated carbocycles. The molecule has 0 bridgehead atoms. The Labute approximate surface area is 429 Å². The van der Waals surface area contributed by atoms with Crippen LogP contribution in [0.1, 0.15) is 93.6 Å². The van der Waals surface area contributed by atoms with Crippen LogP contribution in [0, 0.1) is 37.1 Å². The van der Waals surface area contributed by atoms with Crippen LogP contribution in [-0.4, -0.2) is 108 Å². The summed E-state index contributed by atoms with van der Waals surface area (Å²) in [6.07, 6.45) is 6.75. The van der Waals surface area contributed by atoms with E-state index >= 15 is 0 Å². The molecule has 74 heavy (non-hydrogen) atoms. The summed E-state index contributed by atoms with van der Waals surface area (Å²) in [7, 11) is 0. The van der Waals surface area contributed by atoms with Gasteiger partial charge in [-0.3, -0.25) is 19.2 Å². The van der Waals surface area contributed by atoms with E-state index in [2.05, 4.69) is 20.9 Å². The van der Waals surface area contributed by atoms with E-state index in [0.717, 1.165) is 25.5 Å². The average molecular weight is 1050 g/mol. The third-order valence-corrected chi connectivity index (χ3v) is 12.2. The molecule has 4 aromatic carbocycles. The second-order valence-electron chi connectivity index (χ2n) is 17.3. The fourth-order valence-electron chi connectivity index (χ4n) is 8.33. The molecule has 9 rings (SSSR count). The van der Waals surface area contributed by atoms with E-state index in [9.17, 15) is 46.3 Å². The SMILES string of the molecule is Cc1cc(NC(=O)c2ccc(F)c3c2OCC[C@@H]3N)ccc1F.Cc1cc(NC(=O)c2ccc(F)c3c2OCC[C@@H]3NC(=O)OCCN2CCCC2=O)ccc1F.Cl.O=C1CCCN1CCOC(=O)n1ccnc1. The van der Waals surface area contributed by atoms with Gasteiger partial charge in [0.25, 0.3) is 11.8 Å². The van der Waals surface area contributed by atoms with Crippen LogP contribution in [0.2, 0.25) is 0 Å². The van der Waals surface area contributed by atoms with Crippen LogP contribution in [0.25, 0.3) is 0 Å². The van der Waals surface area contributed by atoms with Crippen molar-refractivity contribution in [2.75, 3.05) is 63.2 Å². The summed E-state index contributed by atoms with van der Waals surface area (Å²) in [6, 6.07) is 12.2. The summed E-state index contributed by atoms with van der Waals surface area (Å²) < 4.78 is 78.0. The van der Waals surface area contributed by atoms with Gasteiger partial charge >= 0.3 is 12.2 Å². The zero-order chi connectivity index (χ0) is 52.2. The lowest BCUT2D eigenvalue weighted by atomic mass is 9.96. The highest BCUT2D eigenvalue weighted by Gasteiger charge is 2.32. The van der Waals surface area contributed by atoms with Crippen LogP contribution in [0.15, 0.2) is 79.4 Å². The molecule has 1 aromatic heterocycles. The van der Waals surface area contributed by atoms with Crippen molar-refractivity contribution < 1.29 is 65.3 Å². The van der Waals surface area contributed by atoms with E-state index in [4.69, 9.17) is 24.7 Å². The number of hydrogen-bond donors (Lipinski definition) is 4. The van der Waals surface area contributed by atoms with Crippen LogP contribution < -0.4 is 31.2 Å². The van der Waals surface area contributed by atoms with Crippen LogP contribution >= 0.6 is 12.4 Å². The molecule has 23 heteroatoms. The predicted molar refractivity (Wildman–Crippen MR) is 263 cm³/mol. The number of amides is 5. The minimum Gasteiger partial charge on any atom is -0.492 e. The Hall–Kier alpha value is -7.72. The van der Waals surface area contributed by atoms with E-state index < -0.39 is 53.5 Å². The Bertz CT molecular complexity index is 2860. The second-order valence-corrected chi connectivity index (χ2v) is 17.3. The van der Waals surface area contributed by atoms with Crippen LogP contribution in [0.4, 0.5) is 38.5 Å². The first-order valence-electron chi connectivity index (χ1n) is 23.5. The van der Waals surface area contributed by atoms with Gasteiger partial charge in [0, 0.05) is 74.1 Å². The number of rotatable bonds is 11. The van der Waals surface area contributed by atoms with Crippen molar-refractivity contribution in [1.82, 2.24) is 24.7 Å². The van der Waals surface area contributed by atoms with Crippen molar-refractivity contribution >= 4 is 59.6 Å². The van der Waals surface area contributed by atoms with Crippen LogP contribution in [0.5, 0.6) is 11.5 Å². The molecule has 5 amide bonds. The second kappa shape index (κ2) is 25.8. The van der Waals surface area contributed by atoms with Crippen molar-refractivity contribution in [3.63, 3.8) is 0 Å². The maximum absolute atomic E-state index is 14.7. The zero-order valence-electron chi connectivity index (χ0n) is 40.4. The number of nitrogens with two attached hydrogens (primary N) is 1. The molecule has 2 fully saturated rings. The number of hydrogen-bond acceptors (Lipinski definition) is 12.